The van der Waals surface area contributed by atoms with Crippen LogP contribution in [0, 0.1) is 0 Å². The molecule has 3 atom stereocenters. The maximum absolute atomic E-state index is 5.92. The molecule has 0 bridgehead atoms. The first-order valence-corrected chi connectivity index (χ1v) is 38.1. The van der Waals surface area contributed by atoms with E-state index >= 15 is 0 Å². The smallest absolute Gasteiger partial charge is 0.216 e. The van der Waals surface area contributed by atoms with E-state index in [1.807, 2.05) is 0 Å². The molecule has 6 rings (SSSR count). The molecule has 92 heavy (non-hydrogen) atoms. The molecule has 3 saturated heterocycles. The molecule has 6 heterocycles. The summed E-state index contributed by atoms with van der Waals surface area (Å²) >= 11 is 0. The second kappa shape index (κ2) is 35.7. The van der Waals surface area contributed by atoms with E-state index in [0.717, 1.165) is 254 Å². The van der Waals surface area contributed by atoms with Crippen molar-refractivity contribution in [1.82, 2.24) is 62.0 Å². The number of nitrogens with one attached hydrogen (secondary N) is 6. The fourth-order valence-electron chi connectivity index (χ4n) is 15.9. The second-order valence-corrected chi connectivity index (χ2v) is 32.9. The number of hydrogen-bond acceptors (Lipinski definition) is 12. The first kappa shape index (κ1) is 77.6. The SMILES string of the molecule is CCCCC1=NC(CCCC)N(NC2CC(C)(C)N(C)C(C)(C)C2)C(=NCCCCCC(CCCCCN=C2NC(CCCC)=NC(CCCC)N2NC2CC(C)(C)N(C)C(C)(C)C2)N=C2NC(CCCC)=NC(CCCC)N2NC2CC(C)(C)N(C)C(C)(C)C2)N1. The maximum Gasteiger partial charge on any atom is 0.216 e. The average Bonchev–Trinajstić information content (AvgIpc) is 0.850. The van der Waals surface area contributed by atoms with E-state index in [4.69, 9.17) is 30.0 Å². The van der Waals surface area contributed by atoms with Crippen LogP contribution in [0.25, 0.3) is 0 Å². The summed E-state index contributed by atoms with van der Waals surface area (Å²) in [4.78, 5) is 40.9. The lowest BCUT2D eigenvalue weighted by molar-refractivity contribution is -0.0316. The number of aliphatic imine (C=N–C) groups is 6. The third-order valence-corrected chi connectivity index (χ3v) is 22.1. The number of likely N-dealkylation sites (tertiary alicyclic amines) is 3. The Morgan fingerprint density at radius 2 is 0.652 bits per heavy atom. The number of rotatable bonds is 37. The maximum atomic E-state index is 5.92. The summed E-state index contributed by atoms with van der Waals surface area (Å²) in [5.41, 5.74) is 12.7. The average molecular weight is 1290 g/mol. The van der Waals surface area contributed by atoms with Gasteiger partial charge in [0.05, 0.1) is 6.04 Å². The summed E-state index contributed by atoms with van der Waals surface area (Å²) in [6, 6.07) is 1.07. The number of piperidine rings is 3. The summed E-state index contributed by atoms with van der Waals surface area (Å²) in [7, 11) is 6.91. The first-order valence-electron chi connectivity index (χ1n) is 38.1. The van der Waals surface area contributed by atoms with Crippen molar-refractivity contribution in [2.45, 2.75) is 406 Å². The molecule has 18 nitrogen and oxygen atoms in total. The van der Waals surface area contributed by atoms with E-state index < -0.39 is 0 Å². The summed E-state index contributed by atoms with van der Waals surface area (Å²) in [6.45, 7) is 44.1. The lowest BCUT2D eigenvalue weighted by Gasteiger charge is -2.54. The molecule has 3 unspecified atom stereocenters. The highest BCUT2D eigenvalue weighted by Crippen LogP contribution is 2.40. The number of hydrogen-bond donors (Lipinski definition) is 6. The van der Waals surface area contributed by atoms with Crippen LogP contribution in [0.1, 0.15) is 330 Å². The Morgan fingerprint density at radius 1 is 0.380 bits per heavy atom. The Bertz CT molecular complexity index is 2240. The number of hydrazine groups is 3. The monoisotopic (exact) mass is 1290 g/mol. The summed E-state index contributed by atoms with van der Waals surface area (Å²) in [5.74, 6) is 6.16. The summed E-state index contributed by atoms with van der Waals surface area (Å²) in [5, 5.41) is 18.6. The van der Waals surface area contributed by atoms with Crippen LogP contribution >= 0.6 is 0 Å². The molecule has 0 saturated carbocycles. The fourth-order valence-corrected chi connectivity index (χ4v) is 15.9. The van der Waals surface area contributed by atoms with Gasteiger partial charge >= 0.3 is 0 Å². The fraction of sp³-hybridized carbons (Fsp3) is 0.919. The molecule has 6 N–H and O–H groups in total. The Balaban J connectivity index is 1.25. The van der Waals surface area contributed by atoms with Gasteiger partial charge < -0.3 is 16.0 Å². The molecule has 6 aliphatic rings. The molecule has 0 aromatic carbocycles. The Kier molecular flexibility index (Phi) is 30.1. The highest BCUT2D eigenvalue weighted by atomic mass is 15.6. The number of amidine groups is 3. The minimum absolute atomic E-state index is 0.00506. The second-order valence-electron chi connectivity index (χ2n) is 32.9. The number of guanidine groups is 3. The van der Waals surface area contributed by atoms with Crippen molar-refractivity contribution in [2.75, 3.05) is 34.2 Å². The van der Waals surface area contributed by atoms with E-state index in [9.17, 15) is 0 Å². The molecule has 0 amide bonds. The predicted molar refractivity (Wildman–Crippen MR) is 395 cm³/mol. The van der Waals surface area contributed by atoms with E-state index in [0.29, 0.717) is 12.1 Å². The minimum atomic E-state index is -0.00506. The third-order valence-electron chi connectivity index (χ3n) is 22.1. The molecule has 0 radical (unpaired) electrons. The van der Waals surface area contributed by atoms with Crippen LogP contribution in [-0.2, 0) is 0 Å². The summed E-state index contributed by atoms with van der Waals surface area (Å²) < 4.78 is 0. The zero-order valence-electron chi connectivity index (χ0n) is 63.4. The quantitative estimate of drug-likeness (QED) is 0.0327. The van der Waals surface area contributed by atoms with Crippen LogP contribution < -0.4 is 32.2 Å². The van der Waals surface area contributed by atoms with Gasteiger partial charge in [-0.05, 0) is 226 Å². The van der Waals surface area contributed by atoms with Gasteiger partial charge in [0.25, 0.3) is 0 Å². The lowest BCUT2D eigenvalue weighted by Crippen LogP contribution is -2.67. The van der Waals surface area contributed by atoms with Crippen molar-refractivity contribution in [3.05, 3.63) is 0 Å². The van der Waals surface area contributed by atoms with Gasteiger partial charge in [-0.1, -0.05) is 106 Å². The van der Waals surface area contributed by atoms with Crippen LogP contribution in [0.5, 0.6) is 0 Å². The Morgan fingerprint density at radius 3 is 0.935 bits per heavy atom. The predicted octanol–water partition coefficient (Wildman–Crippen LogP) is 15.0. The van der Waals surface area contributed by atoms with E-state index in [1.165, 1.54) is 0 Å². The van der Waals surface area contributed by atoms with Gasteiger partial charge in [0, 0.05) is 83.7 Å². The van der Waals surface area contributed by atoms with E-state index in [1.54, 1.807) is 0 Å². The van der Waals surface area contributed by atoms with E-state index in [-0.39, 0.29) is 63.8 Å². The lowest BCUT2D eigenvalue weighted by atomic mass is 9.78. The topological polar surface area (TPSA) is 166 Å². The number of nitrogens with zero attached hydrogens (tertiary/aromatic N) is 12. The van der Waals surface area contributed by atoms with Crippen molar-refractivity contribution >= 4 is 35.4 Å². The zero-order valence-corrected chi connectivity index (χ0v) is 63.4. The van der Waals surface area contributed by atoms with Gasteiger partial charge in [0.1, 0.15) is 36.0 Å². The van der Waals surface area contributed by atoms with E-state index in [2.05, 4.69) is 208 Å². The highest BCUT2D eigenvalue weighted by Gasteiger charge is 2.48. The number of unbranched alkanes of at least 4 members (excludes halogenated alkanes) is 10. The molecular weight excluding hydrogens is 1140 g/mol. The van der Waals surface area contributed by atoms with Crippen molar-refractivity contribution in [3.63, 3.8) is 0 Å². The van der Waals surface area contributed by atoms with Crippen molar-refractivity contribution < 1.29 is 0 Å². The molecule has 530 valence electrons. The van der Waals surface area contributed by atoms with Gasteiger partial charge in [-0.2, -0.15) is 0 Å². The van der Waals surface area contributed by atoms with Gasteiger partial charge in [0.2, 0.25) is 17.9 Å². The molecule has 18 heteroatoms. The van der Waals surface area contributed by atoms with Crippen LogP contribution in [0.3, 0.4) is 0 Å². The van der Waals surface area contributed by atoms with Gasteiger partial charge in [-0.15, -0.1) is 0 Å². The molecule has 0 aliphatic carbocycles. The van der Waals surface area contributed by atoms with Crippen molar-refractivity contribution in [2.24, 2.45) is 30.0 Å². The van der Waals surface area contributed by atoms with Crippen LogP contribution in [0.2, 0.25) is 0 Å². The normalized spacial score (nSPS) is 26.4. The molecule has 0 aromatic heterocycles. The first-order chi connectivity index (χ1) is 43.5. The van der Waals surface area contributed by atoms with Crippen LogP contribution in [0.15, 0.2) is 30.0 Å². The molecule has 0 spiro atoms. The molecular formula is C74H144N18. The zero-order chi connectivity index (χ0) is 67.5. The van der Waals surface area contributed by atoms with Crippen LogP contribution in [-0.4, -0.2) is 175 Å². The third kappa shape index (κ3) is 22.3. The largest absolute Gasteiger partial charge is 0.313 e. The minimum Gasteiger partial charge on any atom is -0.313 e. The Hall–Kier alpha value is -3.42. The highest BCUT2D eigenvalue weighted by molar-refractivity contribution is 6.02. The van der Waals surface area contributed by atoms with Gasteiger partial charge in [0.15, 0.2) is 0 Å². The van der Waals surface area contributed by atoms with Crippen molar-refractivity contribution in [3.8, 4) is 0 Å². The van der Waals surface area contributed by atoms with Gasteiger partial charge in [-0.25, -0.2) is 36.2 Å². The van der Waals surface area contributed by atoms with Gasteiger partial charge in [-0.3, -0.25) is 39.7 Å². The molecule has 0 aromatic rings. The van der Waals surface area contributed by atoms with Crippen molar-refractivity contribution in [1.29, 1.82) is 0 Å². The van der Waals surface area contributed by atoms with Crippen LogP contribution in [0.4, 0.5) is 0 Å². The Labute approximate surface area is 564 Å². The standard InChI is InChI=1S/C74H144N18/c1-22-28-42-60-78-63(45-31-25-4)90(84-57-50-69(7,8)87(19)70(9,10)51-57)66(81-60)75-48-38-34-36-40-56(77-68-83-62(44-30-24-3)80-65(47-33-27-6)92(68)86-59-54-73(15,16)89(21)74(17,18)55-59)41-37-35-39-49-76-67-82-61(43-29-23-2)79-64(46-32-26-5)91(67)85-58-52-71(11,12)88(20)72(13,14)53-58/h56-59,63-65,84-86H,22-55H2,1-21H3,(H,75,78,81)(H,76,79,82)(H,77,80,83). The molecule has 6 aliphatic heterocycles. The molecule has 3 fully saturated rings. The summed E-state index contributed by atoms with van der Waals surface area (Å²) in [6.07, 6.45) is 34.4.